The van der Waals surface area contributed by atoms with Gasteiger partial charge in [-0.25, -0.2) is 0 Å². The fourth-order valence-corrected chi connectivity index (χ4v) is 2.18. The van der Waals surface area contributed by atoms with Gasteiger partial charge in [-0.2, -0.15) is 0 Å². The van der Waals surface area contributed by atoms with Crippen LogP contribution >= 0.6 is 0 Å². The molecule has 0 spiro atoms. The summed E-state index contributed by atoms with van der Waals surface area (Å²) in [5.41, 5.74) is 2.59. The van der Waals surface area contributed by atoms with E-state index in [1.807, 2.05) is 12.4 Å². The largest absolute Gasteiger partial charge is 0.310 e. The van der Waals surface area contributed by atoms with Gasteiger partial charge in [0.15, 0.2) is 0 Å². The van der Waals surface area contributed by atoms with Gasteiger partial charge >= 0.3 is 0 Å². The molecule has 1 unspecified atom stereocenters. The third-order valence-electron chi connectivity index (χ3n) is 3.10. The van der Waals surface area contributed by atoms with Crippen molar-refractivity contribution < 1.29 is 0 Å². The fraction of sp³-hybridized carbons (Fsp3) is 0.667. The maximum Gasteiger partial charge on any atom is 0.0335 e. The maximum absolute atomic E-state index is 4.29. The van der Waals surface area contributed by atoms with E-state index >= 15 is 0 Å². The van der Waals surface area contributed by atoms with Gasteiger partial charge in [0.05, 0.1) is 0 Å². The zero-order chi connectivity index (χ0) is 12.5. The number of aromatic nitrogens is 1. The second-order valence-corrected chi connectivity index (χ2v) is 4.76. The molecule has 17 heavy (non-hydrogen) atoms. The van der Waals surface area contributed by atoms with Crippen molar-refractivity contribution in [2.75, 3.05) is 6.54 Å². The molecule has 1 aromatic rings. The highest BCUT2D eigenvalue weighted by Gasteiger charge is 2.10. The second-order valence-electron chi connectivity index (χ2n) is 4.76. The lowest BCUT2D eigenvalue weighted by molar-refractivity contribution is 0.480. The van der Waals surface area contributed by atoms with Crippen molar-refractivity contribution >= 4 is 0 Å². The minimum atomic E-state index is 0.476. The van der Waals surface area contributed by atoms with E-state index in [0.717, 1.165) is 6.54 Å². The van der Waals surface area contributed by atoms with Crippen LogP contribution in [0.5, 0.6) is 0 Å². The Morgan fingerprint density at radius 3 is 2.65 bits per heavy atom. The van der Waals surface area contributed by atoms with E-state index in [1.54, 1.807) is 0 Å². The molecule has 2 heteroatoms. The standard InChI is InChI=1S/C15H26N2/c1-4-6-7-8-9-15(17-5-2)14-10-13(3)11-16-12-14/h10-12,15,17H,4-9H2,1-3H3. The number of hydrogen-bond donors (Lipinski definition) is 1. The van der Waals surface area contributed by atoms with Crippen molar-refractivity contribution in [3.63, 3.8) is 0 Å². The highest BCUT2D eigenvalue weighted by Crippen LogP contribution is 2.20. The molecular formula is C15H26N2. The van der Waals surface area contributed by atoms with E-state index in [1.165, 1.54) is 43.2 Å². The van der Waals surface area contributed by atoms with Gasteiger partial charge in [-0.3, -0.25) is 4.98 Å². The summed E-state index contributed by atoms with van der Waals surface area (Å²) in [6, 6.07) is 2.73. The Bertz CT molecular complexity index is 310. The van der Waals surface area contributed by atoms with Gasteiger partial charge in [0, 0.05) is 18.4 Å². The number of aryl methyl sites for hydroxylation is 1. The Balaban J connectivity index is 2.52. The Morgan fingerprint density at radius 2 is 2.00 bits per heavy atom. The minimum Gasteiger partial charge on any atom is -0.310 e. The molecule has 1 rings (SSSR count). The van der Waals surface area contributed by atoms with E-state index in [9.17, 15) is 0 Å². The van der Waals surface area contributed by atoms with Crippen LogP contribution in [0.4, 0.5) is 0 Å². The topological polar surface area (TPSA) is 24.9 Å². The van der Waals surface area contributed by atoms with E-state index in [0.29, 0.717) is 6.04 Å². The SMILES string of the molecule is CCCCCCC(NCC)c1cncc(C)c1. The van der Waals surface area contributed by atoms with Crippen molar-refractivity contribution in [3.05, 3.63) is 29.6 Å². The summed E-state index contributed by atoms with van der Waals surface area (Å²) in [5, 5.41) is 3.56. The van der Waals surface area contributed by atoms with Gasteiger partial charge in [-0.15, -0.1) is 0 Å². The quantitative estimate of drug-likeness (QED) is 0.687. The summed E-state index contributed by atoms with van der Waals surface area (Å²) in [4.78, 5) is 4.29. The maximum atomic E-state index is 4.29. The first-order valence-electron chi connectivity index (χ1n) is 6.92. The van der Waals surface area contributed by atoms with Crippen molar-refractivity contribution in [1.29, 1.82) is 0 Å². The van der Waals surface area contributed by atoms with Crippen LogP contribution in [0.15, 0.2) is 18.5 Å². The van der Waals surface area contributed by atoms with Crippen molar-refractivity contribution in [2.24, 2.45) is 0 Å². The van der Waals surface area contributed by atoms with E-state index in [4.69, 9.17) is 0 Å². The molecule has 2 nitrogen and oxygen atoms in total. The molecule has 96 valence electrons. The monoisotopic (exact) mass is 234 g/mol. The summed E-state index contributed by atoms with van der Waals surface area (Å²) in [5.74, 6) is 0. The van der Waals surface area contributed by atoms with Gasteiger partial charge in [0.25, 0.3) is 0 Å². The van der Waals surface area contributed by atoms with Crippen LogP contribution in [-0.2, 0) is 0 Å². The molecule has 0 aliphatic heterocycles. The van der Waals surface area contributed by atoms with Crippen LogP contribution in [0.1, 0.15) is 63.1 Å². The number of nitrogens with zero attached hydrogens (tertiary/aromatic N) is 1. The van der Waals surface area contributed by atoms with Gasteiger partial charge in [0.1, 0.15) is 0 Å². The summed E-state index contributed by atoms with van der Waals surface area (Å²) in [6.45, 7) is 7.55. The lowest BCUT2D eigenvalue weighted by Gasteiger charge is -2.18. The zero-order valence-electron chi connectivity index (χ0n) is 11.5. The number of rotatable bonds is 8. The van der Waals surface area contributed by atoms with Crippen LogP contribution in [0, 0.1) is 6.92 Å². The molecule has 0 aliphatic rings. The third-order valence-corrected chi connectivity index (χ3v) is 3.10. The highest BCUT2D eigenvalue weighted by atomic mass is 14.9. The summed E-state index contributed by atoms with van der Waals surface area (Å²) < 4.78 is 0. The smallest absolute Gasteiger partial charge is 0.0335 e. The molecule has 0 bridgehead atoms. The molecule has 0 aliphatic carbocycles. The van der Waals surface area contributed by atoms with Gasteiger partial charge in [-0.1, -0.05) is 45.6 Å². The van der Waals surface area contributed by atoms with Crippen molar-refractivity contribution in [3.8, 4) is 0 Å². The Hall–Kier alpha value is -0.890. The first-order chi connectivity index (χ1) is 8.27. The average Bonchev–Trinajstić information content (AvgIpc) is 2.33. The van der Waals surface area contributed by atoms with E-state index in [-0.39, 0.29) is 0 Å². The molecule has 1 atom stereocenters. The molecule has 0 saturated heterocycles. The first kappa shape index (κ1) is 14.2. The van der Waals surface area contributed by atoms with Crippen LogP contribution in [0.25, 0.3) is 0 Å². The second kappa shape index (κ2) is 8.24. The minimum absolute atomic E-state index is 0.476. The van der Waals surface area contributed by atoms with Crippen LogP contribution < -0.4 is 5.32 Å². The summed E-state index contributed by atoms with van der Waals surface area (Å²) >= 11 is 0. The number of pyridine rings is 1. The van der Waals surface area contributed by atoms with Crippen LogP contribution in [0.3, 0.4) is 0 Å². The Labute approximate surface area is 106 Å². The Morgan fingerprint density at radius 1 is 1.18 bits per heavy atom. The molecule has 0 radical (unpaired) electrons. The van der Waals surface area contributed by atoms with Crippen molar-refractivity contribution in [1.82, 2.24) is 10.3 Å². The number of hydrogen-bond acceptors (Lipinski definition) is 2. The Kier molecular flexibility index (Phi) is 6.87. The molecule has 1 aromatic heterocycles. The summed E-state index contributed by atoms with van der Waals surface area (Å²) in [6.07, 6.45) is 10.4. The predicted octanol–water partition coefficient (Wildman–Crippen LogP) is 4.01. The number of nitrogens with one attached hydrogen (secondary N) is 1. The molecule has 0 amide bonds. The highest BCUT2D eigenvalue weighted by molar-refractivity contribution is 5.20. The molecule has 0 aromatic carbocycles. The van der Waals surface area contributed by atoms with Crippen LogP contribution in [0.2, 0.25) is 0 Å². The molecule has 0 saturated carbocycles. The fourth-order valence-electron chi connectivity index (χ4n) is 2.18. The van der Waals surface area contributed by atoms with Gasteiger partial charge in [-0.05, 0) is 31.0 Å². The zero-order valence-corrected chi connectivity index (χ0v) is 11.5. The van der Waals surface area contributed by atoms with E-state index < -0.39 is 0 Å². The van der Waals surface area contributed by atoms with E-state index in [2.05, 4.69) is 37.1 Å². The lowest BCUT2D eigenvalue weighted by Crippen LogP contribution is -2.21. The number of unbranched alkanes of at least 4 members (excludes halogenated alkanes) is 3. The average molecular weight is 234 g/mol. The van der Waals surface area contributed by atoms with Crippen molar-refractivity contribution in [2.45, 2.75) is 58.9 Å². The first-order valence-corrected chi connectivity index (χ1v) is 6.92. The molecule has 1 N–H and O–H groups in total. The normalized spacial score (nSPS) is 12.6. The van der Waals surface area contributed by atoms with Gasteiger partial charge < -0.3 is 5.32 Å². The summed E-state index contributed by atoms with van der Waals surface area (Å²) in [7, 11) is 0. The van der Waals surface area contributed by atoms with Crippen LogP contribution in [-0.4, -0.2) is 11.5 Å². The lowest BCUT2D eigenvalue weighted by atomic mass is 10.0. The molecular weight excluding hydrogens is 208 g/mol. The molecule has 0 fully saturated rings. The predicted molar refractivity (Wildman–Crippen MR) is 74.2 cm³/mol. The third kappa shape index (κ3) is 5.31. The molecule has 1 heterocycles. The van der Waals surface area contributed by atoms with Gasteiger partial charge in [0.2, 0.25) is 0 Å².